The molecular weight excluding hydrogens is 280 g/mol. The molecule has 140 valence electrons. The zero-order valence-corrected chi connectivity index (χ0v) is 16.7. The molecule has 0 amide bonds. The Labute approximate surface area is 147 Å². The molecule has 23 heavy (non-hydrogen) atoms. The van der Waals surface area contributed by atoms with Crippen molar-refractivity contribution in [1.82, 2.24) is 0 Å². The molecule has 0 rings (SSSR count). The Morgan fingerprint density at radius 1 is 0.478 bits per heavy atom. The first-order valence-electron chi connectivity index (χ1n) is 10.8. The average Bonchev–Trinajstić information content (AvgIpc) is 2.52. The van der Waals surface area contributed by atoms with E-state index in [1.165, 1.54) is 103 Å². The third kappa shape index (κ3) is 18.1. The van der Waals surface area contributed by atoms with E-state index in [2.05, 4.69) is 13.8 Å². The standard InChI is InChI=1S/C22H46O/c1-4-6-8-9-10-11-12-13-14-15-16-17-19-21-22(3,23)20-18-7-5-2/h23H,4-21H2,1-3H3. The lowest BCUT2D eigenvalue weighted by atomic mass is 9.92. The van der Waals surface area contributed by atoms with E-state index in [4.69, 9.17) is 0 Å². The van der Waals surface area contributed by atoms with Gasteiger partial charge in [0, 0.05) is 0 Å². The maximum absolute atomic E-state index is 10.3. The molecule has 1 N–H and O–H groups in total. The fraction of sp³-hybridized carbons (Fsp3) is 1.00. The van der Waals surface area contributed by atoms with Crippen LogP contribution in [-0.2, 0) is 0 Å². The molecule has 0 aliphatic rings. The van der Waals surface area contributed by atoms with E-state index in [0.29, 0.717) is 0 Å². The van der Waals surface area contributed by atoms with Gasteiger partial charge in [0.15, 0.2) is 0 Å². The highest BCUT2D eigenvalue weighted by molar-refractivity contribution is 4.72. The van der Waals surface area contributed by atoms with Crippen LogP contribution in [0.2, 0.25) is 0 Å². The molecule has 0 aromatic rings. The third-order valence-electron chi connectivity index (χ3n) is 5.14. The van der Waals surface area contributed by atoms with Crippen LogP contribution in [0, 0.1) is 0 Å². The van der Waals surface area contributed by atoms with E-state index in [9.17, 15) is 5.11 Å². The minimum Gasteiger partial charge on any atom is -0.390 e. The maximum atomic E-state index is 10.3. The van der Waals surface area contributed by atoms with E-state index < -0.39 is 5.60 Å². The van der Waals surface area contributed by atoms with Crippen molar-refractivity contribution in [3.63, 3.8) is 0 Å². The first-order valence-corrected chi connectivity index (χ1v) is 10.8. The molecule has 0 aliphatic heterocycles. The van der Waals surface area contributed by atoms with Gasteiger partial charge >= 0.3 is 0 Å². The fourth-order valence-corrected chi connectivity index (χ4v) is 3.40. The number of aliphatic hydroxyl groups is 1. The van der Waals surface area contributed by atoms with E-state index in [-0.39, 0.29) is 0 Å². The molecule has 0 heterocycles. The molecule has 1 nitrogen and oxygen atoms in total. The van der Waals surface area contributed by atoms with Crippen molar-refractivity contribution in [3.8, 4) is 0 Å². The topological polar surface area (TPSA) is 20.2 Å². The monoisotopic (exact) mass is 326 g/mol. The van der Waals surface area contributed by atoms with Crippen LogP contribution in [0.25, 0.3) is 0 Å². The second-order valence-electron chi connectivity index (χ2n) is 7.95. The largest absolute Gasteiger partial charge is 0.390 e. The first-order chi connectivity index (χ1) is 11.1. The van der Waals surface area contributed by atoms with E-state index in [1.54, 1.807) is 0 Å². The maximum Gasteiger partial charge on any atom is 0.0619 e. The lowest BCUT2D eigenvalue weighted by Crippen LogP contribution is -2.23. The van der Waals surface area contributed by atoms with Gasteiger partial charge in [0.2, 0.25) is 0 Å². The SMILES string of the molecule is CCCCCCCCCCCCCCCC(C)(O)CCCCC. The van der Waals surface area contributed by atoms with Crippen LogP contribution in [0.5, 0.6) is 0 Å². The van der Waals surface area contributed by atoms with Gasteiger partial charge in [-0.2, -0.15) is 0 Å². The minimum atomic E-state index is -0.410. The van der Waals surface area contributed by atoms with Crippen molar-refractivity contribution >= 4 is 0 Å². The lowest BCUT2D eigenvalue weighted by molar-refractivity contribution is 0.0367. The van der Waals surface area contributed by atoms with Gasteiger partial charge in [-0.3, -0.25) is 0 Å². The van der Waals surface area contributed by atoms with Gasteiger partial charge in [0.25, 0.3) is 0 Å². The summed E-state index contributed by atoms with van der Waals surface area (Å²) in [4.78, 5) is 0. The highest BCUT2D eigenvalue weighted by atomic mass is 16.3. The zero-order valence-electron chi connectivity index (χ0n) is 16.7. The molecule has 0 aliphatic carbocycles. The summed E-state index contributed by atoms with van der Waals surface area (Å²) in [6, 6.07) is 0. The Morgan fingerprint density at radius 3 is 1.13 bits per heavy atom. The quantitative estimate of drug-likeness (QED) is 0.255. The van der Waals surface area contributed by atoms with Crippen LogP contribution in [0.4, 0.5) is 0 Å². The summed E-state index contributed by atoms with van der Waals surface area (Å²) in [5.41, 5.74) is -0.410. The number of rotatable bonds is 18. The predicted octanol–water partition coefficient (Wildman–Crippen LogP) is 7.80. The normalized spacial score (nSPS) is 14.1. The summed E-state index contributed by atoms with van der Waals surface area (Å²) in [5, 5.41) is 10.3. The predicted molar refractivity (Wildman–Crippen MR) is 105 cm³/mol. The van der Waals surface area contributed by atoms with Crippen LogP contribution >= 0.6 is 0 Å². The summed E-state index contributed by atoms with van der Waals surface area (Å²) in [5.74, 6) is 0. The molecule has 0 aromatic heterocycles. The highest BCUT2D eigenvalue weighted by Gasteiger charge is 2.18. The summed E-state index contributed by atoms with van der Waals surface area (Å²) in [7, 11) is 0. The van der Waals surface area contributed by atoms with Crippen LogP contribution < -0.4 is 0 Å². The lowest BCUT2D eigenvalue weighted by Gasteiger charge is -2.23. The Balaban J connectivity index is 3.20. The van der Waals surface area contributed by atoms with Crippen molar-refractivity contribution in [2.45, 2.75) is 142 Å². The van der Waals surface area contributed by atoms with Gasteiger partial charge < -0.3 is 5.11 Å². The van der Waals surface area contributed by atoms with Gasteiger partial charge in [0.05, 0.1) is 5.60 Å². The molecule has 0 aromatic carbocycles. The van der Waals surface area contributed by atoms with Crippen molar-refractivity contribution < 1.29 is 5.11 Å². The summed E-state index contributed by atoms with van der Waals surface area (Å²) < 4.78 is 0. The molecule has 1 atom stereocenters. The zero-order chi connectivity index (χ0) is 17.2. The van der Waals surface area contributed by atoms with Gasteiger partial charge in [-0.1, -0.05) is 117 Å². The molecular formula is C22H46O. The molecule has 0 bridgehead atoms. The smallest absolute Gasteiger partial charge is 0.0619 e. The van der Waals surface area contributed by atoms with Crippen LogP contribution in [0.3, 0.4) is 0 Å². The average molecular weight is 327 g/mol. The number of hydrogen-bond donors (Lipinski definition) is 1. The third-order valence-corrected chi connectivity index (χ3v) is 5.14. The Bertz CT molecular complexity index is 222. The molecule has 1 unspecified atom stereocenters. The highest BCUT2D eigenvalue weighted by Crippen LogP contribution is 2.22. The van der Waals surface area contributed by atoms with Crippen LogP contribution in [0.15, 0.2) is 0 Å². The van der Waals surface area contributed by atoms with Crippen LogP contribution in [0.1, 0.15) is 136 Å². The van der Waals surface area contributed by atoms with E-state index in [1.807, 2.05) is 6.92 Å². The number of hydrogen-bond acceptors (Lipinski definition) is 1. The Hall–Kier alpha value is -0.0400. The summed E-state index contributed by atoms with van der Waals surface area (Å²) >= 11 is 0. The van der Waals surface area contributed by atoms with Gasteiger partial charge in [0.1, 0.15) is 0 Å². The fourth-order valence-electron chi connectivity index (χ4n) is 3.40. The molecule has 0 spiro atoms. The molecule has 0 radical (unpaired) electrons. The van der Waals surface area contributed by atoms with Gasteiger partial charge in [-0.25, -0.2) is 0 Å². The minimum absolute atomic E-state index is 0.410. The first kappa shape index (κ1) is 23.0. The molecule has 0 saturated carbocycles. The second kappa shape index (κ2) is 16.8. The molecule has 0 saturated heterocycles. The summed E-state index contributed by atoms with van der Waals surface area (Å²) in [6.07, 6.45) is 23.8. The Morgan fingerprint density at radius 2 is 0.739 bits per heavy atom. The molecule has 1 heteroatoms. The van der Waals surface area contributed by atoms with E-state index >= 15 is 0 Å². The second-order valence-corrected chi connectivity index (χ2v) is 7.95. The van der Waals surface area contributed by atoms with Crippen molar-refractivity contribution in [2.24, 2.45) is 0 Å². The van der Waals surface area contributed by atoms with Crippen molar-refractivity contribution in [2.75, 3.05) is 0 Å². The van der Waals surface area contributed by atoms with Crippen molar-refractivity contribution in [1.29, 1.82) is 0 Å². The molecule has 0 fully saturated rings. The van der Waals surface area contributed by atoms with Crippen LogP contribution in [-0.4, -0.2) is 10.7 Å². The van der Waals surface area contributed by atoms with Gasteiger partial charge in [-0.15, -0.1) is 0 Å². The van der Waals surface area contributed by atoms with Gasteiger partial charge in [-0.05, 0) is 19.8 Å². The van der Waals surface area contributed by atoms with E-state index in [0.717, 1.165) is 12.8 Å². The number of unbranched alkanes of at least 4 members (excludes halogenated alkanes) is 14. The van der Waals surface area contributed by atoms with Crippen molar-refractivity contribution in [3.05, 3.63) is 0 Å². The summed E-state index contributed by atoms with van der Waals surface area (Å²) in [6.45, 7) is 6.54. The Kier molecular flexibility index (Phi) is 16.8.